The van der Waals surface area contributed by atoms with Gasteiger partial charge in [0.05, 0.1) is 24.9 Å². The van der Waals surface area contributed by atoms with Gasteiger partial charge in [0, 0.05) is 13.7 Å². The highest BCUT2D eigenvalue weighted by molar-refractivity contribution is 5.59. The van der Waals surface area contributed by atoms with Gasteiger partial charge in [-0.3, -0.25) is 0 Å². The first kappa shape index (κ1) is 14.2. The molecule has 0 saturated heterocycles. The van der Waals surface area contributed by atoms with Crippen molar-refractivity contribution in [1.29, 1.82) is 0 Å². The molecule has 2 rings (SSSR count). The molecule has 1 atom stereocenters. The van der Waals surface area contributed by atoms with E-state index in [1.807, 2.05) is 12.1 Å². The summed E-state index contributed by atoms with van der Waals surface area (Å²) in [5.74, 6) is 0.980. The van der Waals surface area contributed by atoms with Crippen molar-refractivity contribution < 1.29 is 9.47 Å². The fourth-order valence-corrected chi connectivity index (χ4v) is 2.61. The third-order valence-electron chi connectivity index (χ3n) is 3.52. The molecule has 2 N–H and O–H groups in total. The predicted molar refractivity (Wildman–Crippen MR) is 77.9 cm³/mol. The molecule has 0 fully saturated rings. The Morgan fingerprint density at radius 3 is 3.05 bits per heavy atom. The van der Waals surface area contributed by atoms with E-state index in [-0.39, 0.29) is 0 Å². The van der Waals surface area contributed by atoms with E-state index in [0.717, 1.165) is 51.3 Å². The molecule has 0 bridgehead atoms. The summed E-state index contributed by atoms with van der Waals surface area (Å²) in [6.45, 7) is 3.25. The Morgan fingerprint density at radius 1 is 1.42 bits per heavy atom. The van der Waals surface area contributed by atoms with Crippen molar-refractivity contribution in [2.75, 3.05) is 38.3 Å². The number of anilines is 1. The van der Waals surface area contributed by atoms with Crippen LogP contribution in [-0.4, -0.2) is 39.5 Å². The van der Waals surface area contributed by atoms with Crippen LogP contribution in [0.4, 0.5) is 5.69 Å². The van der Waals surface area contributed by atoms with E-state index in [4.69, 9.17) is 15.2 Å². The van der Waals surface area contributed by atoms with E-state index in [2.05, 4.69) is 17.0 Å². The Labute approximate surface area is 115 Å². The van der Waals surface area contributed by atoms with Crippen molar-refractivity contribution in [3.05, 3.63) is 24.3 Å². The average Bonchev–Trinajstić information content (AvgIpc) is 2.66. The summed E-state index contributed by atoms with van der Waals surface area (Å²) >= 11 is 0. The van der Waals surface area contributed by atoms with Gasteiger partial charge in [-0.15, -0.1) is 0 Å². The molecule has 1 aromatic carbocycles. The molecule has 106 valence electrons. The standard InChI is InChI=1S/C15H24N2O2/c1-18-12-13(6-4-9-16)17-10-5-11-19-15-8-3-2-7-14(15)17/h2-3,7-8,13H,4-6,9-12,16H2,1H3. The Bertz CT molecular complexity index is 384. The number of hydrogen-bond donors (Lipinski definition) is 1. The highest BCUT2D eigenvalue weighted by Gasteiger charge is 2.23. The zero-order chi connectivity index (χ0) is 13.5. The van der Waals surface area contributed by atoms with Gasteiger partial charge in [-0.05, 0) is 37.9 Å². The van der Waals surface area contributed by atoms with Crippen LogP contribution in [0.2, 0.25) is 0 Å². The van der Waals surface area contributed by atoms with Gasteiger partial charge in [-0.25, -0.2) is 0 Å². The number of ether oxygens (including phenoxy) is 2. The van der Waals surface area contributed by atoms with Crippen molar-refractivity contribution in [3.8, 4) is 5.75 Å². The number of fused-ring (bicyclic) bond motifs is 1. The third kappa shape index (κ3) is 3.61. The molecular weight excluding hydrogens is 240 g/mol. The highest BCUT2D eigenvalue weighted by atomic mass is 16.5. The van der Waals surface area contributed by atoms with Crippen LogP contribution >= 0.6 is 0 Å². The fraction of sp³-hybridized carbons (Fsp3) is 0.600. The lowest BCUT2D eigenvalue weighted by atomic mass is 10.1. The first-order valence-corrected chi connectivity index (χ1v) is 7.04. The minimum Gasteiger partial charge on any atom is -0.491 e. The Balaban J connectivity index is 2.20. The molecule has 1 unspecified atom stereocenters. The van der Waals surface area contributed by atoms with Crippen molar-refractivity contribution in [3.63, 3.8) is 0 Å². The van der Waals surface area contributed by atoms with Gasteiger partial charge in [-0.1, -0.05) is 12.1 Å². The monoisotopic (exact) mass is 264 g/mol. The molecule has 0 saturated carbocycles. The number of hydrogen-bond acceptors (Lipinski definition) is 4. The van der Waals surface area contributed by atoms with E-state index in [9.17, 15) is 0 Å². The lowest BCUT2D eigenvalue weighted by molar-refractivity contribution is 0.172. The predicted octanol–water partition coefficient (Wildman–Crippen LogP) is 2.03. The molecule has 1 heterocycles. The second kappa shape index (κ2) is 7.36. The van der Waals surface area contributed by atoms with Crippen LogP contribution in [0.15, 0.2) is 24.3 Å². The molecule has 1 aliphatic rings. The van der Waals surface area contributed by atoms with Gasteiger partial charge < -0.3 is 20.1 Å². The van der Waals surface area contributed by atoms with Gasteiger partial charge >= 0.3 is 0 Å². The lowest BCUT2D eigenvalue weighted by Gasteiger charge is -2.32. The largest absolute Gasteiger partial charge is 0.491 e. The number of nitrogens with zero attached hydrogens (tertiary/aromatic N) is 1. The number of methoxy groups -OCH3 is 1. The molecular formula is C15H24N2O2. The Hall–Kier alpha value is -1.26. The molecule has 0 radical (unpaired) electrons. The first-order chi connectivity index (χ1) is 9.36. The molecule has 0 spiro atoms. The molecule has 0 amide bonds. The van der Waals surface area contributed by atoms with Crippen LogP contribution in [0, 0.1) is 0 Å². The van der Waals surface area contributed by atoms with Crippen LogP contribution in [-0.2, 0) is 4.74 Å². The minimum atomic E-state index is 0.372. The van der Waals surface area contributed by atoms with Gasteiger partial charge in [0.25, 0.3) is 0 Å². The maximum Gasteiger partial charge on any atom is 0.142 e. The smallest absolute Gasteiger partial charge is 0.142 e. The van der Waals surface area contributed by atoms with E-state index >= 15 is 0 Å². The average molecular weight is 264 g/mol. The second-order valence-corrected chi connectivity index (χ2v) is 4.90. The van der Waals surface area contributed by atoms with Crippen LogP contribution in [0.3, 0.4) is 0 Å². The van der Waals surface area contributed by atoms with Crippen molar-refractivity contribution in [2.45, 2.75) is 25.3 Å². The van der Waals surface area contributed by atoms with Crippen LogP contribution < -0.4 is 15.4 Å². The van der Waals surface area contributed by atoms with Crippen LogP contribution in [0.25, 0.3) is 0 Å². The third-order valence-corrected chi connectivity index (χ3v) is 3.52. The maximum atomic E-state index is 5.80. The zero-order valence-electron chi connectivity index (χ0n) is 11.7. The summed E-state index contributed by atoms with van der Waals surface area (Å²) in [5, 5.41) is 0. The topological polar surface area (TPSA) is 47.7 Å². The van der Waals surface area contributed by atoms with E-state index in [1.165, 1.54) is 5.69 Å². The second-order valence-electron chi connectivity index (χ2n) is 4.90. The number of benzene rings is 1. The van der Waals surface area contributed by atoms with Crippen LogP contribution in [0.1, 0.15) is 19.3 Å². The van der Waals surface area contributed by atoms with E-state index in [1.54, 1.807) is 7.11 Å². The number of rotatable bonds is 6. The summed E-state index contributed by atoms with van der Waals surface area (Å²) in [6, 6.07) is 8.63. The van der Waals surface area contributed by atoms with E-state index < -0.39 is 0 Å². The minimum absolute atomic E-state index is 0.372. The molecule has 1 aromatic rings. The Kier molecular flexibility index (Phi) is 5.48. The SMILES string of the molecule is COCC(CCCN)N1CCCOc2ccccc21. The normalized spacial score (nSPS) is 16.4. The van der Waals surface area contributed by atoms with Crippen molar-refractivity contribution >= 4 is 5.69 Å². The fourth-order valence-electron chi connectivity index (χ4n) is 2.61. The van der Waals surface area contributed by atoms with Crippen molar-refractivity contribution in [1.82, 2.24) is 0 Å². The summed E-state index contributed by atoms with van der Waals surface area (Å²) in [6.07, 6.45) is 3.11. The molecule has 4 heteroatoms. The molecule has 1 aliphatic heterocycles. The lowest BCUT2D eigenvalue weighted by Crippen LogP contribution is -2.39. The van der Waals surface area contributed by atoms with Gasteiger partial charge in [0.2, 0.25) is 0 Å². The molecule has 0 aliphatic carbocycles. The molecule has 0 aromatic heterocycles. The number of nitrogens with two attached hydrogens (primary N) is 1. The summed E-state index contributed by atoms with van der Waals surface area (Å²) in [7, 11) is 1.76. The summed E-state index contributed by atoms with van der Waals surface area (Å²) in [4.78, 5) is 2.42. The molecule has 4 nitrogen and oxygen atoms in total. The zero-order valence-corrected chi connectivity index (χ0v) is 11.7. The van der Waals surface area contributed by atoms with Crippen molar-refractivity contribution in [2.24, 2.45) is 5.73 Å². The quantitative estimate of drug-likeness (QED) is 0.854. The van der Waals surface area contributed by atoms with Gasteiger partial charge in [-0.2, -0.15) is 0 Å². The van der Waals surface area contributed by atoms with Gasteiger partial charge in [0.15, 0.2) is 0 Å². The Morgan fingerprint density at radius 2 is 2.26 bits per heavy atom. The van der Waals surface area contributed by atoms with Gasteiger partial charge in [0.1, 0.15) is 5.75 Å². The number of para-hydroxylation sites is 2. The summed E-state index contributed by atoms with van der Waals surface area (Å²) in [5.41, 5.74) is 6.82. The molecule has 19 heavy (non-hydrogen) atoms. The maximum absolute atomic E-state index is 5.80. The summed E-state index contributed by atoms with van der Waals surface area (Å²) < 4.78 is 11.2. The van der Waals surface area contributed by atoms with Crippen LogP contribution in [0.5, 0.6) is 5.75 Å². The first-order valence-electron chi connectivity index (χ1n) is 7.04. The highest BCUT2D eigenvalue weighted by Crippen LogP contribution is 2.32. The van der Waals surface area contributed by atoms with E-state index in [0.29, 0.717) is 6.04 Å².